The van der Waals surface area contributed by atoms with Crippen molar-refractivity contribution in [2.45, 2.75) is 13.5 Å². The van der Waals surface area contributed by atoms with E-state index in [0.29, 0.717) is 12.1 Å². The fourth-order valence-corrected chi connectivity index (χ4v) is 3.01. The number of para-hydroxylation sites is 2. The van der Waals surface area contributed by atoms with Gasteiger partial charge in [0.15, 0.2) is 0 Å². The number of aromatic nitrogens is 3. The van der Waals surface area contributed by atoms with Crippen LogP contribution in [0.3, 0.4) is 0 Å². The third-order valence-electron chi connectivity index (χ3n) is 4.35. The minimum Gasteiger partial charge on any atom is -0.347 e. The number of nitrogens with one attached hydrogen (secondary N) is 1. The minimum atomic E-state index is -0.103. The largest absolute Gasteiger partial charge is 0.347 e. The van der Waals surface area contributed by atoms with Gasteiger partial charge >= 0.3 is 0 Å². The van der Waals surface area contributed by atoms with E-state index in [1.165, 1.54) is 0 Å². The Labute approximate surface area is 151 Å². The number of rotatable bonds is 4. The van der Waals surface area contributed by atoms with Gasteiger partial charge in [-0.05, 0) is 30.7 Å². The first-order valence-corrected chi connectivity index (χ1v) is 8.43. The molecule has 0 aliphatic carbocycles. The van der Waals surface area contributed by atoms with Gasteiger partial charge in [-0.15, -0.1) is 0 Å². The van der Waals surface area contributed by atoms with Gasteiger partial charge in [0, 0.05) is 29.7 Å². The number of aryl methyl sites for hydroxylation is 1. The quantitative estimate of drug-likeness (QED) is 0.607. The third kappa shape index (κ3) is 3.07. The normalized spacial score (nSPS) is 10.8. The zero-order valence-electron chi connectivity index (χ0n) is 14.4. The molecule has 4 rings (SSSR count). The van der Waals surface area contributed by atoms with E-state index >= 15 is 0 Å². The van der Waals surface area contributed by atoms with Crippen LogP contribution in [0.15, 0.2) is 73.2 Å². The fraction of sp³-hybridized carbons (Fsp3) is 0.0952. The number of H-pyrrole nitrogens is 1. The molecule has 0 aliphatic rings. The predicted octanol–water partition coefficient (Wildman–Crippen LogP) is 4.11. The highest BCUT2D eigenvalue weighted by Crippen LogP contribution is 2.24. The third-order valence-corrected chi connectivity index (χ3v) is 4.35. The molecule has 5 heteroatoms. The number of nitrogens with zero attached hydrogens (tertiary/aromatic N) is 3. The number of fused-ring (bicyclic) bond motifs is 1. The first kappa shape index (κ1) is 16.0. The van der Waals surface area contributed by atoms with E-state index in [4.69, 9.17) is 0 Å². The Morgan fingerprint density at radius 2 is 1.88 bits per heavy atom. The van der Waals surface area contributed by atoms with Crippen LogP contribution in [-0.2, 0) is 6.54 Å². The Balaban J connectivity index is 1.76. The lowest BCUT2D eigenvalue weighted by atomic mass is 10.1. The molecule has 0 bridgehead atoms. The first-order chi connectivity index (χ1) is 12.7. The van der Waals surface area contributed by atoms with Crippen molar-refractivity contribution < 1.29 is 4.79 Å². The lowest BCUT2D eigenvalue weighted by Gasteiger charge is -2.24. The predicted molar refractivity (Wildman–Crippen MR) is 102 cm³/mol. The monoisotopic (exact) mass is 342 g/mol. The zero-order valence-corrected chi connectivity index (χ0v) is 14.4. The number of carbonyl (C=O) groups excluding carboxylic acids is 1. The molecule has 2 aromatic carbocycles. The van der Waals surface area contributed by atoms with E-state index in [9.17, 15) is 4.79 Å². The number of benzene rings is 2. The Kier molecular flexibility index (Phi) is 4.19. The smallest absolute Gasteiger partial charge is 0.260 e. The van der Waals surface area contributed by atoms with Crippen LogP contribution >= 0.6 is 0 Å². The van der Waals surface area contributed by atoms with E-state index < -0.39 is 0 Å². The first-order valence-electron chi connectivity index (χ1n) is 8.43. The van der Waals surface area contributed by atoms with Gasteiger partial charge in [0.2, 0.25) is 0 Å². The van der Waals surface area contributed by atoms with Gasteiger partial charge in [-0.2, -0.15) is 0 Å². The molecule has 5 nitrogen and oxygen atoms in total. The molecule has 0 radical (unpaired) electrons. The van der Waals surface area contributed by atoms with Crippen molar-refractivity contribution in [2.24, 2.45) is 0 Å². The second-order valence-electron chi connectivity index (χ2n) is 6.13. The molecule has 0 atom stereocenters. The molecule has 4 aromatic rings. The maximum Gasteiger partial charge on any atom is 0.260 e. The number of hydrogen-bond donors (Lipinski definition) is 1. The van der Waals surface area contributed by atoms with Crippen molar-refractivity contribution in [1.29, 1.82) is 0 Å². The molecule has 2 heterocycles. The van der Waals surface area contributed by atoms with Gasteiger partial charge in [0.1, 0.15) is 5.82 Å². The Morgan fingerprint density at radius 3 is 2.69 bits per heavy atom. The Bertz CT molecular complexity index is 1060. The zero-order chi connectivity index (χ0) is 17.9. The van der Waals surface area contributed by atoms with Gasteiger partial charge in [-0.1, -0.05) is 36.4 Å². The van der Waals surface area contributed by atoms with Crippen molar-refractivity contribution in [2.75, 3.05) is 4.90 Å². The molecular formula is C21H18N4O. The summed E-state index contributed by atoms with van der Waals surface area (Å²) < 4.78 is 0. The van der Waals surface area contributed by atoms with Crippen LogP contribution in [0.2, 0.25) is 0 Å². The highest BCUT2D eigenvalue weighted by Gasteiger charge is 2.21. The lowest BCUT2D eigenvalue weighted by molar-refractivity contribution is 0.0984. The Hall–Kier alpha value is -3.47. The van der Waals surface area contributed by atoms with E-state index in [2.05, 4.69) is 15.0 Å². The van der Waals surface area contributed by atoms with Crippen molar-refractivity contribution in [3.8, 4) is 0 Å². The maximum atomic E-state index is 13.3. The number of imidazole rings is 1. The molecule has 1 amide bonds. The highest BCUT2D eigenvalue weighted by molar-refractivity contribution is 6.07. The Morgan fingerprint density at radius 1 is 1.08 bits per heavy atom. The summed E-state index contributed by atoms with van der Waals surface area (Å²) in [5.41, 5.74) is 3.32. The summed E-state index contributed by atoms with van der Waals surface area (Å²) in [6, 6.07) is 17.5. The van der Waals surface area contributed by atoms with Crippen LogP contribution in [0.25, 0.3) is 10.9 Å². The summed E-state index contributed by atoms with van der Waals surface area (Å²) in [5, 5.41) is 0.945. The van der Waals surface area contributed by atoms with Gasteiger partial charge in [0.05, 0.1) is 17.6 Å². The number of pyridine rings is 1. The second kappa shape index (κ2) is 6.80. The van der Waals surface area contributed by atoms with Crippen LogP contribution in [-0.4, -0.2) is 20.9 Å². The topological polar surface area (TPSA) is 61.9 Å². The van der Waals surface area contributed by atoms with Gasteiger partial charge in [-0.25, -0.2) is 4.98 Å². The number of carbonyl (C=O) groups is 1. The SMILES string of the molecule is Cc1ccccc1N(Cc1ncc[nH]1)C(=O)c1cnc2ccccc2c1. The van der Waals surface area contributed by atoms with Gasteiger partial charge in [-0.3, -0.25) is 9.78 Å². The number of aromatic amines is 1. The molecule has 0 unspecified atom stereocenters. The molecule has 0 saturated carbocycles. The molecule has 0 aliphatic heterocycles. The molecular weight excluding hydrogens is 324 g/mol. The van der Waals surface area contributed by atoms with Crippen LogP contribution in [0.5, 0.6) is 0 Å². The molecule has 128 valence electrons. The standard InChI is InChI=1S/C21H18N4O/c1-15-6-2-5-9-19(15)25(14-20-22-10-11-23-20)21(26)17-12-16-7-3-4-8-18(16)24-13-17/h2-13H,14H2,1H3,(H,22,23). The molecule has 0 saturated heterocycles. The molecule has 0 fully saturated rings. The van der Waals surface area contributed by atoms with Crippen molar-refractivity contribution in [1.82, 2.24) is 15.0 Å². The van der Waals surface area contributed by atoms with Crippen molar-refractivity contribution >= 4 is 22.5 Å². The summed E-state index contributed by atoms with van der Waals surface area (Å²) in [4.78, 5) is 26.8. The van der Waals surface area contributed by atoms with Gasteiger partial charge < -0.3 is 9.88 Å². The van der Waals surface area contributed by atoms with Gasteiger partial charge in [0.25, 0.3) is 5.91 Å². The second-order valence-corrected chi connectivity index (χ2v) is 6.13. The van der Waals surface area contributed by atoms with Crippen molar-refractivity contribution in [3.63, 3.8) is 0 Å². The number of amides is 1. The fourth-order valence-electron chi connectivity index (χ4n) is 3.01. The van der Waals surface area contributed by atoms with Crippen LogP contribution in [0.1, 0.15) is 21.7 Å². The van der Waals surface area contributed by atoms with Crippen LogP contribution in [0.4, 0.5) is 5.69 Å². The molecule has 2 aromatic heterocycles. The van der Waals surface area contributed by atoms with Crippen LogP contribution < -0.4 is 4.90 Å². The molecule has 1 N–H and O–H groups in total. The lowest BCUT2D eigenvalue weighted by Crippen LogP contribution is -2.31. The number of hydrogen-bond acceptors (Lipinski definition) is 3. The average Bonchev–Trinajstić information content (AvgIpc) is 3.19. The maximum absolute atomic E-state index is 13.3. The minimum absolute atomic E-state index is 0.103. The van der Waals surface area contributed by atoms with E-state index in [1.54, 1.807) is 23.5 Å². The number of anilines is 1. The van der Waals surface area contributed by atoms with E-state index in [0.717, 1.165) is 28.0 Å². The van der Waals surface area contributed by atoms with Crippen molar-refractivity contribution in [3.05, 3.63) is 90.1 Å². The van der Waals surface area contributed by atoms with Crippen LogP contribution in [0, 0.1) is 6.92 Å². The highest BCUT2D eigenvalue weighted by atomic mass is 16.2. The molecule has 0 spiro atoms. The van der Waals surface area contributed by atoms with E-state index in [1.807, 2.05) is 61.5 Å². The molecule has 26 heavy (non-hydrogen) atoms. The van der Waals surface area contributed by atoms with E-state index in [-0.39, 0.29) is 5.91 Å². The summed E-state index contributed by atoms with van der Waals surface area (Å²) in [6.45, 7) is 2.36. The average molecular weight is 342 g/mol. The summed E-state index contributed by atoms with van der Waals surface area (Å²) >= 11 is 0. The summed E-state index contributed by atoms with van der Waals surface area (Å²) in [6.07, 6.45) is 5.08. The summed E-state index contributed by atoms with van der Waals surface area (Å²) in [7, 11) is 0. The summed E-state index contributed by atoms with van der Waals surface area (Å²) in [5.74, 6) is 0.629.